The van der Waals surface area contributed by atoms with Crippen molar-refractivity contribution in [3.05, 3.63) is 24.0 Å². The summed E-state index contributed by atoms with van der Waals surface area (Å²) in [6, 6.07) is 2.11. The largest absolute Gasteiger partial charge is 0.389 e. The molecule has 0 unspecified atom stereocenters. The van der Waals surface area contributed by atoms with Crippen LogP contribution in [0.25, 0.3) is 0 Å². The summed E-state index contributed by atoms with van der Waals surface area (Å²) in [6.07, 6.45) is 5.34. The summed E-state index contributed by atoms with van der Waals surface area (Å²) in [7, 11) is 0. The van der Waals surface area contributed by atoms with Crippen molar-refractivity contribution in [3.8, 4) is 0 Å². The van der Waals surface area contributed by atoms with E-state index < -0.39 is 0 Å². The van der Waals surface area contributed by atoms with Gasteiger partial charge in [0.1, 0.15) is 4.99 Å². The third-order valence-corrected chi connectivity index (χ3v) is 3.53. The molecule has 2 rings (SSSR count). The van der Waals surface area contributed by atoms with E-state index in [1.165, 1.54) is 0 Å². The Morgan fingerprint density at radius 2 is 2.21 bits per heavy atom. The molecule has 0 aliphatic carbocycles. The first-order chi connectivity index (χ1) is 9.08. The van der Waals surface area contributed by atoms with Crippen LogP contribution in [0.4, 0.5) is 5.69 Å². The van der Waals surface area contributed by atoms with Crippen molar-refractivity contribution in [2.45, 2.75) is 25.8 Å². The molecule has 0 saturated carbocycles. The van der Waals surface area contributed by atoms with Gasteiger partial charge in [-0.25, -0.2) is 0 Å². The van der Waals surface area contributed by atoms with Gasteiger partial charge in [-0.2, -0.15) is 0 Å². The molecule has 1 aliphatic heterocycles. The first-order valence-corrected chi connectivity index (χ1v) is 6.74. The van der Waals surface area contributed by atoms with Crippen LogP contribution in [-0.4, -0.2) is 35.0 Å². The number of anilines is 1. The van der Waals surface area contributed by atoms with Gasteiger partial charge in [-0.15, -0.1) is 0 Å². The Kier molecular flexibility index (Phi) is 4.31. The molecule has 1 aromatic heterocycles. The van der Waals surface area contributed by atoms with Crippen LogP contribution < -0.4 is 16.0 Å². The minimum Gasteiger partial charge on any atom is -0.389 e. The highest BCUT2D eigenvalue weighted by Gasteiger charge is 2.22. The van der Waals surface area contributed by atoms with E-state index in [0.29, 0.717) is 4.99 Å². The molecule has 0 spiro atoms. The van der Waals surface area contributed by atoms with Gasteiger partial charge in [0.2, 0.25) is 5.91 Å². The number of hydrogen-bond donors (Lipinski definition) is 2. The van der Waals surface area contributed by atoms with Crippen LogP contribution >= 0.6 is 12.2 Å². The smallest absolute Gasteiger partial charge is 0.217 e. The second-order valence-corrected chi connectivity index (χ2v) is 5.16. The number of hydrogen-bond acceptors (Lipinski definition) is 4. The zero-order valence-corrected chi connectivity index (χ0v) is 11.7. The van der Waals surface area contributed by atoms with Crippen molar-refractivity contribution in [1.29, 1.82) is 0 Å². The van der Waals surface area contributed by atoms with E-state index >= 15 is 0 Å². The summed E-state index contributed by atoms with van der Waals surface area (Å²) in [5.41, 5.74) is 7.58. The Hall–Kier alpha value is -1.69. The normalized spacial score (nSPS) is 16.2. The first kappa shape index (κ1) is 13.7. The molecule has 0 radical (unpaired) electrons. The number of nitrogens with two attached hydrogens (primary N) is 1. The maximum atomic E-state index is 11.0. The van der Waals surface area contributed by atoms with E-state index in [9.17, 15) is 4.79 Å². The summed E-state index contributed by atoms with van der Waals surface area (Å²) < 4.78 is 0. The highest BCUT2D eigenvalue weighted by Crippen LogP contribution is 2.23. The molecule has 0 aromatic carbocycles. The van der Waals surface area contributed by atoms with Crippen LogP contribution in [0.3, 0.4) is 0 Å². The molecule has 1 saturated heterocycles. The molecule has 19 heavy (non-hydrogen) atoms. The van der Waals surface area contributed by atoms with Crippen LogP contribution in [0, 0.1) is 0 Å². The summed E-state index contributed by atoms with van der Waals surface area (Å²) in [6.45, 7) is 3.29. The highest BCUT2D eigenvalue weighted by atomic mass is 32.1. The Morgan fingerprint density at radius 1 is 1.53 bits per heavy atom. The number of aromatic nitrogens is 1. The molecular weight excluding hydrogens is 260 g/mol. The number of pyridine rings is 1. The highest BCUT2D eigenvalue weighted by molar-refractivity contribution is 7.80. The fraction of sp³-hybridized carbons (Fsp3) is 0.462. The predicted molar refractivity (Wildman–Crippen MR) is 79.2 cm³/mol. The number of nitrogens with zero attached hydrogens (tertiary/aromatic N) is 2. The number of nitrogens with one attached hydrogen (secondary N) is 1. The van der Waals surface area contributed by atoms with Crippen molar-refractivity contribution in [2.24, 2.45) is 5.73 Å². The van der Waals surface area contributed by atoms with E-state index in [0.717, 1.165) is 37.2 Å². The van der Waals surface area contributed by atoms with Crippen molar-refractivity contribution < 1.29 is 4.79 Å². The lowest BCUT2D eigenvalue weighted by atomic mass is 10.0. The van der Waals surface area contributed by atoms with Gasteiger partial charge in [0.15, 0.2) is 0 Å². The molecule has 3 N–H and O–H groups in total. The minimum absolute atomic E-state index is 0.0312. The van der Waals surface area contributed by atoms with Crippen molar-refractivity contribution in [1.82, 2.24) is 10.3 Å². The van der Waals surface area contributed by atoms with Crippen molar-refractivity contribution >= 4 is 28.8 Å². The van der Waals surface area contributed by atoms with Gasteiger partial charge in [0, 0.05) is 37.8 Å². The van der Waals surface area contributed by atoms with E-state index in [4.69, 9.17) is 18.0 Å². The zero-order chi connectivity index (χ0) is 13.8. The minimum atomic E-state index is 0.0312. The lowest BCUT2D eigenvalue weighted by Crippen LogP contribution is -2.44. The topological polar surface area (TPSA) is 71.2 Å². The SMILES string of the molecule is CC(=O)NC1CCN(c2cnccc2C(N)=S)CC1. The quantitative estimate of drug-likeness (QED) is 0.801. The summed E-state index contributed by atoms with van der Waals surface area (Å²) in [4.78, 5) is 17.8. The Labute approximate surface area is 118 Å². The Bertz CT molecular complexity index is 483. The maximum Gasteiger partial charge on any atom is 0.217 e. The Morgan fingerprint density at radius 3 is 2.79 bits per heavy atom. The van der Waals surface area contributed by atoms with Gasteiger partial charge >= 0.3 is 0 Å². The van der Waals surface area contributed by atoms with E-state index in [1.54, 1.807) is 19.3 Å². The molecule has 1 aromatic rings. The first-order valence-electron chi connectivity index (χ1n) is 6.34. The number of thiocarbonyl (C=S) groups is 1. The summed E-state index contributed by atoms with van der Waals surface area (Å²) >= 11 is 5.07. The lowest BCUT2D eigenvalue weighted by molar-refractivity contribution is -0.119. The van der Waals surface area contributed by atoms with Gasteiger partial charge < -0.3 is 16.0 Å². The molecule has 5 nitrogen and oxygen atoms in total. The molecule has 6 heteroatoms. The van der Waals surface area contributed by atoms with Crippen LogP contribution in [0.15, 0.2) is 18.5 Å². The number of rotatable bonds is 3. The fourth-order valence-electron chi connectivity index (χ4n) is 2.40. The Balaban J connectivity index is 2.05. The van der Waals surface area contributed by atoms with E-state index in [2.05, 4.69) is 15.2 Å². The number of carbonyl (C=O) groups excluding carboxylic acids is 1. The molecule has 0 bridgehead atoms. The molecule has 1 fully saturated rings. The molecular formula is C13H18N4OS. The van der Waals surface area contributed by atoms with Gasteiger partial charge in [-0.1, -0.05) is 12.2 Å². The molecule has 2 heterocycles. The molecule has 1 amide bonds. The van der Waals surface area contributed by atoms with Crippen molar-refractivity contribution in [2.75, 3.05) is 18.0 Å². The number of piperidine rings is 1. The maximum absolute atomic E-state index is 11.0. The summed E-state index contributed by atoms with van der Waals surface area (Å²) in [5.74, 6) is 0.0312. The van der Waals surface area contributed by atoms with Gasteiger partial charge in [0.25, 0.3) is 0 Å². The number of amides is 1. The monoisotopic (exact) mass is 278 g/mol. The average Bonchev–Trinajstić information content (AvgIpc) is 2.39. The zero-order valence-electron chi connectivity index (χ0n) is 10.9. The standard InChI is InChI=1S/C13H18N4OS/c1-9(18)16-10-3-6-17(7-4-10)12-8-15-5-2-11(12)13(14)19/h2,5,8,10H,3-4,6-7H2,1H3,(H2,14,19)(H,16,18). The molecule has 102 valence electrons. The van der Waals surface area contributed by atoms with Crippen LogP contribution in [0.5, 0.6) is 0 Å². The predicted octanol–water partition coefficient (Wildman–Crippen LogP) is 0.821. The molecule has 1 aliphatic rings. The van der Waals surface area contributed by atoms with Crippen LogP contribution in [0.1, 0.15) is 25.3 Å². The van der Waals surface area contributed by atoms with Crippen LogP contribution in [0.2, 0.25) is 0 Å². The second kappa shape index (κ2) is 5.97. The van der Waals surface area contributed by atoms with E-state index in [-0.39, 0.29) is 11.9 Å². The second-order valence-electron chi connectivity index (χ2n) is 4.72. The third-order valence-electron chi connectivity index (χ3n) is 3.31. The lowest BCUT2D eigenvalue weighted by Gasteiger charge is -2.34. The van der Waals surface area contributed by atoms with Gasteiger partial charge in [-0.05, 0) is 18.9 Å². The van der Waals surface area contributed by atoms with Gasteiger partial charge in [0.05, 0.1) is 11.9 Å². The van der Waals surface area contributed by atoms with E-state index in [1.807, 2.05) is 6.07 Å². The van der Waals surface area contributed by atoms with Crippen molar-refractivity contribution in [3.63, 3.8) is 0 Å². The average molecular weight is 278 g/mol. The van der Waals surface area contributed by atoms with Crippen LogP contribution in [-0.2, 0) is 4.79 Å². The fourth-order valence-corrected chi connectivity index (χ4v) is 2.57. The summed E-state index contributed by atoms with van der Waals surface area (Å²) in [5, 5.41) is 2.96. The number of carbonyl (C=O) groups is 1. The molecule has 0 atom stereocenters. The third kappa shape index (κ3) is 3.41. The van der Waals surface area contributed by atoms with Gasteiger partial charge in [-0.3, -0.25) is 9.78 Å².